The van der Waals surface area contributed by atoms with Gasteiger partial charge < -0.3 is 4.90 Å². The average molecular weight is 224 g/mol. The lowest BCUT2D eigenvalue weighted by Gasteiger charge is -2.17. The van der Waals surface area contributed by atoms with E-state index in [1.165, 1.54) is 12.1 Å². The Labute approximate surface area is 92.8 Å². The summed E-state index contributed by atoms with van der Waals surface area (Å²) in [6, 6.07) is 3.73. The van der Waals surface area contributed by atoms with Crippen molar-refractivity contribution in [3.05, 3.63) is 34.1 Å². The fourth-order valence-electron chi connectivity index (χ4n) is 2.02. The molecule has 4 nitrogen and oxygen atoms in total. The molecule has 16 heavy (non-hydrogen) atoms. The summed E-state index contributed by atoms with van der Waals surface area (Å²) < 4.78 is 13.2. The second-order valence-electron chi connectivity index (χ2n) is 4.26. The molecule has 1 saturated heterocycles. The van der Waals surface area contributed by atoms with Crippen molar-refractivity contribution in [2.75, 3.05) is 18.0 Å². The van der Waals surface area contributed by atoms with E-state index in [9.17, 15) is 14.5 Å². The first-order chi connectivity index (χ1) is 7.56. The molecular weight excluding hydrogens is 211 g/mol. The minimum absolute atomic E-state index is 0.186. The number of hydrogen-bond donors (Lipinski definition) is 0. The summed E-state index contributed by atoms with van der Waals surface area (Å²) >= 11 is 0. The Morgan fingerprint density at radius 3 is 2.81 bits per heavy atom. The molecule has 86 valence electrons. The second kappa shape index (κ2) is 4.08. The minimum atomic E-state index is -0.563. The topological polar surface area (TPSA) is 46.4 Å². The first-order valence-electron chi connectivity index (χ1n) is 5.26. The van der Waals surface area contributed by atoms with Gasteiger partial charge in [-0.25, -0.2) is 4.39 Å². The van der Waals surface area contributed by atoms with E-state index in [0.717, 1.165) is 25.6 Å². The molecule has 1 fully saturated rings. The minimum Gasteiger partial charge on any atom is -0.371 e. The van der Waals surface area contributed by atoms with Crippen LogP contribution in [0.5, 0.6) is 0 Å². The maximum absolute atomic E-state index is 13.2. The fourth-order valence-corrected chi connectivity index (χ4v) is 2.02. The molecule has 1 aromatic rings. The molecule has 0 amide bonds. The normalized spacial score (nSPS) is 20.1. The molecule has 1 aliphatic heterocycles. The van der Waals surface area contributed by atoms with Gasteiger partial charge in [-0.2, -0.15) is 0 Å². The summed E-state index contributed by atoms with van der Waals surface area (Å²) in [4.78, 5) is 12.0. The number of non-ortho nitro benzene ring substituents is 1. The van der Waals surface area contributed by atoms with Gasteiger partial charge in [0.1, 0.15) is 5.82 Å². The molecule has 1 aliphatic rings. The molecule has 0 spiro atoms. The number of nitro benzene ring substituents is 1. The van der Waals surface area contributed by atoms with Crippen molar-refractivity contribution in [1.82, 2.24) is 0 Å². The van der Waals surface area contributed by atoms with Gasteiger partial charge in [0.15, 0.2) is 0 Å². The van der Waals surface area contributed by atoms with Gasteiger partial charge in [0, 0.05) is 24.8 Å². The smallest absolute Gasteiger partial charge is 0.274 e. The number of rotatable bonds is 2. The quantitative estimate of drug-likeness (QED) is 0.573. The van der Waals surface area contributed by atoms with Crippen LogP contribution in [-0.4, -0.2) is 18.0 Å². The molecule has 1 unspecified atom stereocenters. The average Bonchev–Trinajstić information content (AvgIpc) is 2.64. The van der Waals surface area contributed by atoms with E-state index in [1.54, 1.807) is 0 Å². The number of halogens is 1. The number of nitro groups is 1. The Hall–Kier alpha value is -1.65. The predicted octanol–water partition coefficient (Wildman–Crippen LogP) is 2.58. The van der Waals surface area contributed by atoms with Crippen LogP contribution in [0.15, 0.2) is 18.2 Å². The van der Waals surface area contributed by atoms with Gasteiger partial charge in [-0.05, 0) is 18.4 Å². The van der Waals surface area contributed by atoms with Crippen molar-refractivity contribution < 1.29 is 9.31 Å². The van der Waals surface area contributed by atoms with Gasteiger partial charge in [0.2, 0.25) is 0 Å². The van der Waals surface area contributed by atoms with Gasteiger partial charge in [0.25, 0.3) is 5.69 Å². The molecule has 1 atom stereocenters. The highest BCUT2D eigenvalue weighted by molar-refractivity contribution is 5.54. The maximum Gasteiger partial charge on any atom is 0.274 e. The molecule has 0 aliphatic carbocycles. The van der Waals surface area contributed by atoms with Crippen molar-refractivity contribution in [3.63, 3.8) is 0 Å². The Kier molecular flexibility index (Phi) is 2.77. The van der Waals surface area contributed by atoms with Crippen LogP contribution in [0.1, 0.15) is 13.3 Å². The molecule has 1 heterocycles. The zero-order valence-electron chi connectivity index (χ0n) is 9.02. The standard InChI is InChI=1S/C11H13FN2O2/c1-8-2-3-13(7-8)10-4-9(12)5-11(6-10)14(15)16/h4-6,8H,2-3,7H2,1H3. The van der Waals surface area contributed by atoms with E-state index in [4.69, 9.17) is 0 Å². The first-order valence-corrected chi connectivity index (χ1v) is 5.26. The molecule has 1 aromatic carbocycles. The third-order valence-corrected chi connectivity index (χ3v) is 2.87. The van der Waals surface area contributed by atoms with Crippen molar-refractivity contribution in [2.45, 2.75) is 13.3 Å². The Morgan fingerprint density at radius 1 is 1.50 bits per heavy atom. The lowest BCUT2D eigenvalue weighted by atomic mass is 10.2. The summed E-state index contributed by atoms with van der Waals surface area (Å²) in [5.74, 6) is 0.00563. The Morgan fingerprint density at radius 2 is 2.25 bits per heavy atom. The fraction of sp³-hybridized carbons (Fsp3) is 0.455. The lowest BCUT2D eigenvalue weighted by Crippen LogP contribution is -2.19. The zero-order chi connectivity index (χ0) is 11.7. The molecule has 0 N–H and O–H groups in total. The van der Waals surface area contributed by atoms with Crippen LogP contribution in [0.25, 0.3) is 0 Å². The molecule has 0 aromatic heterocycles. The largest absolute Gasteiger partial charge is 0.371 e. The van der Waals surface area contributed by atoms with Crippen LogP contribution < -0.4 is 4.90 Å². The molecular formula is C11H13FN2O2. The number of nitrogens with zero attached hydrogens (tertiary/aromatic N) is 2. The number of anilines is 1. The molecule has 0 radical (unpaired) electrons. The highest BCUT2D eigenvalue weighted by Crippen LogP contribution is 2.27. The third-order valence-electron chi connectivity index (χ3n) is 2.87. The van der Waals surface area contributed by atoms with Crippen LogP contribution in [0.3, 0.4) is 0 Å². The van der Waals surface area contributed by atoms with E-state index >= 15 is 0 Å². The van der Waals surface area contributed by atoms with Crippen LogP contribution in [0.4, 0.5) is 15.8 Å². The Balaban J connectivity index is 2.30. The van der Waals surface area contributed by atoms with Gasteiger partial charge in [0.05, 0.1) is 11.0 Å². The second-order valence-corrected chi connectivity index (χ2v) is 4.26. The highest BCUT2D eigenvalue weighted by Gasteiger charge is 2.21. The monoisotopic (exact) mass is 224 g/mol. The van der Waals surface area contributed by atoms with Crippen molar-refractivity contribution >= 4 is 11.4 Å². The van der Waals surface area contributed by atoms with Gasteiger partial charge >= 0.3 is 0 Å². The number of hydrogen-bond acceptors (Lipinski definition) is 3. The van der Waals surface area contributed by atoms with Gasteiger partial charge in [-0.1, -0.05) is 6.92 Å². The van der Waals surface area contributed by atoms with E-state index in [2.05, 4.69) is 6.92 Å². The van der Waals surface area contributed by atoms with Crippen LogP contribution in [0, 0.1) is 21.8 Å². The summed E-state index contributed by atoms with van der Waals surface area (Å²) in [6.07, 6.45) is 1.05. The van der Waals surface area contributed by atoms with E-state index in [-0.39, 0.29) is 5.69 Å². The van der Waals surface area contributed by atoms with Crippen molar-refractivity contribution in [1.29, 1.82) is 0 Å². The first kappa shape index (κ1) is 10.9. The third kappa shape index (κ3) is 2.13. The van der Waals surface area contributed by atoms with E-state index in [0.29, 0.717) is 11.6 Å². The van der Waals surface area contributed by atoms with Gasteiger partial charge in [-0.15, -0.1) is 0 Å². The highest BCUT2D eigenvalue weighted by atomic mass is 19.1. The van der Waals surface area contributed by atoms with Gasteiger partial charge in [-0.3, -0.25) is 10.1 Å². The van der Waals surface area contributed by atoms with Crippen LogP contribution >= 0.6 is 0 Å². The van der Waals surface area contributed by atoms with E-state index in [1.807, 2.05) is 4.90 Å². The predicted molar refractivity (Wildman–Crippen MR) is 59.0 cm³/mol. The molecule has 5 heteroatoms. The summed E-state index contributed by atoms with van der Waals surface area (Å²) in [5.41, 5.74) is 0.422. The summed E-state index contributed by atoms with van der Waals surface area (Å²) in [5, 5.41) is 10.6. The number of benzene rings is 1. The van der Waals surface area contributed by atoms with Crippen LogP contribution in [0.2, 0.25) is 0 Å². The summed E-state index contributed by atoms with van der Waals surface area (Å²) in [6.45, 7) is 3.79. The van der Waals surface area contributed by atoms with Crippen LogP contribution in [-0.2, 0) is 0 Å². The zero-order valence-corrected chi connectivity index (χ0v) is 9.02. The molecule has 0 saturated carbocycles. The SMILES string of the molecule is CC1CCN(c2cc(F)cc([N+](=O)[O-])c2)C1. The van der Waals surface area contributed by atoms with Crippen molar-refractivity contribution in [2.24, 2.45) is 5.92 Å². The summed E-state index contributed by atoms with van der Waals surface area (Å²) in [7, 11) is 0. The molecule has 2 rings (SSSR count). The lowest BCUT2D eigenvalue weighted by molar-refractivity contribution is -0.385. The van der Waals surface area contributed by atoms with Crippen molar-refractivity contribution in [3.8, 4) is 0 Å². The van der Waals surface area contributed by atoms with E-state index < -0.39 is 10.7 Å². The Bertz CT molecular complexity index is 422. The maximum atomic E-state index is 13.2. The molecule has 0 bridgehead atoms.